The van der Waals surface area contributed by atoms with Crippen LogP contribution in [0.15, 0.2) is 88.1 Å². The molecule has 9 heteroatoms. The van der Waals surface area contributed by atoms with Crippen LogP contribution in [0.2, 0.25) is 0 Å². The van der Waals surface area contributed by atoms with Crippen molar-refractivity contribution >= 4 is 35.1 Å². The number of thioether (sulfide) groups is 1. The summed E-state index contributed by atoms with van der Waals surface area (Å²) in [6, 6.07) is 22.6. The van der Waals surface area contributed by atoms with Gasteiger partial charge in [0.1, 0.15) is 12.4 Å². The number of nitrogens with zero attached hydrogens (tertiary/aromatic N) is 3. The number of hydrogen-bond acceptors (Lipinski definition) is 8. The fourth-order valence-electron chi connectivity index (χ4n) is 5.14. The standard InChI is InChI=1S/C36H42N4O4S/c1-4-5-18-42-19-20-43-32-11-6-27(7-12-32)28-8-15-34-30(21-28)22-29(16-17-40(34)23-26(2)3)36(41)38-31-9-13-33(14-10-31)45-24-35-37-25-44-39-35/h6-15,21-22,25-26H,4-5,16-20,23-24H2,1-3H3,(H,38,41). The second-order valence-electron chi connectivity index (χ2n) is 11.5. The summed E-state index contributed by atoms with van der Waals surface area (Å²) in [6.07, 6.45) is 6.25. The zero-order valence-electron chi connectivity index (χ0n) is 26.3. The van der Waals surface area contributed by atoms with E-state index in [-0.39, 0.29) is 5.91 Å². The molecule has 0 unspecified atom stereocenters. The fraction of sp³-hybridized carbons (Fsp3) is 0.361. The number of hydrogen-bond donors (Lipinski definition) is 1. The molecular weight excluding hydrogens is 584 g/mol. The molecule has 0 bridgehead atoms. The van der Waals surface area contributed by atoms with Crippen molar-refractivity contribution in [3.8, 4) is 16.9 Å². The molecule has 0 radical (unpaired) electrons. The third-order valence-corrected chi connectivity index (χ3v) is 8.45. The van der Waals surface area contributed by atoms with Gasteiger partial charge in [0.25, 0.3) is 5.91 Å². The first-order valence-electron chi connectivity index (χ1n) is 15.7. The molecular formula is C36H42N4O4S. The van der Waals surface area contributed by atoms with E-state index in [1.54, 1.807) is 11.8 Å². The Labute approximate surface area is 270 Å². The SMILES string of the molecule is CCCCOCCOc1ccc(-c2ccc3c(c2)C=C(C(=O)Nc2ccc(SCc4ncon4)cc2)CCN3CC(C)C)cc1. The molecule has 3 aromatic carbocycles. The molecule has 0 saturated carbocycles. The highest BCUT2D eigenvalue weighted by atomic mass is 32.2. The summed E-state index contributed by atoms with van der Waals surface area (Å²) in [6.45, 7) is 10.2. The molecule has 1 aliphatic rings. The van der Waals surface area contributed by atoms with Crippen LogP contribution in [-0.4, -0.2) is 49.0 Å². The van der Waals surface area contributed by atoms with E-state index < -0.39 is 0 Å². The van der Waals surface area contributed by atoms with E-state index in [1.165, 1.54) is 6.39 Å². The Hall–Kier alpha value is -4.08. The van der Waals surface area contributed by atoms with E-state index in [1.807, 2.05) is 36.4 Å². The van der Waals surface area contributed by atoms with Crippen molar-refractivity contribution in [3.05, 3.63) is 90.1 Å². The van der Waals surface area contributed by atoms with Crippen LogP contribution in [-0.2, 0) is 15.3 Å². The number of amides is 1. The Morgan fingerprint density at radius 1 is 1.02 bits per heavy atom. The van der Waals surface area contributed by atoms with Crippen LogP contribution in [0.3, 0.4) is 0 Å². The summed E-state index contributed by atoms with van der Waals surface area (Å²) in [5, 5.41) is 6.96. The number of anilines is 2. The van der Waals surface area contributed by atoms with Gasteiger partial charge in [-0.15, -0.1) is 11.8 Å². The van der Waals surface area contributed by atoms with Crippen molar-refractivity contribution < 1.29 is 18.8 Å². The smallest absolute Gasteiger partial charge is 0.251 e. The normalized spacial score (nSPS) is 12.9. The highest BCUT2D eigenvalue weighted by molar-refractivity contribution is 7.98. The number of ether oxygens (including phenoxy) is 2. The van der Waals surface area contributed by atoms with Crippen molar-refractivity contribution in [3.63, 3.8) is 0 Å². The molecule has 4 aromatic rings. The summed E-state index contributed by atoms with van der Waals surface area (Å²) in [5.74, 6) is 2.51. The topological polar surface area (TPSA) is 89.7 Å². The average molecular weight is 627 g/mol. The van der Waals surface area contributed by atoms with Crippen LogP contribution in [0.25, 0.3) is 17.2 Å². The molecule has 1 aliphatic heterocycles. The molecule has 45 heavy (non-hydrogen) atoms. The lowest BCUT2D eigenvalue weighted by molar-refractivity contribution is -0.112. The molecule has 0 spiro atoms. The van der Waals surface area contributed by atoms with E-state index in [0.717, 1.165) is 76.8 Å². The Morgan fingerprint density at radius 2 is 1.82 bits per heavy atom. The zero-order chi connectivity index (χ0) is 31.4. The first-order valence-corrected chi connectivity index (χ1v) is 16.7. The molecule has 0 aliphatic carbocycles. The molecule has 1 amide bonds. The second kappa shape index (κ2) is 16.3. The Kier molecular flexibility index (Phi) is 11.7. The molecule has 1 aromatic heterocycles. The van der Waals surface area contributed by atoms with Gasteiger partial charge in [-0.25, -0.2) is 0 Å². The van der Waals surface area contributed by atoms with Gasteiger partial charge in [0.2, 0.25) is 6.39 Å². The molecule has 0 atom stereocenters. The summed E-state index contributed by atoms with van der Waals surface area (Å²) in [7, 11) is 0. The van der Waals surface area contributed by atoms with Crippen LogP contribution in [0.1, 0.15) is 51.4 Å². The largest absolute Gasteiger partial charge is 0.491 e. The van der Waals surface area contributed by atoms with Gasteiger partial charge in [-0.1, -0.05) is 50.5 Å². The summed E-state index contributed by atoms with van der Waals surface area (Å²) < 4.78 is 16.3. The third kappa shape index (κ3) is 9.45. The number of carbonyl (C=O) groups excluding carboxylic acids is 1. The number of aromatic nitrogens is 2. The molecule has 5 rings (SSSR count). The predicted octanol–water partition coefficient (Wildman–Crippen LogP) is 8.11. The molecule has 0 saturated heterocycles. The average Bonchev–Trinajstić information content (AvgIpc) is 3.51. The molecule has 236 valence electrons. The first-order chi connectivity index (χ1) is 22.0. The summed E-state index contributed by atoms with van der Waals surface area (Å²) in [4.78, 5) is 21.0. The predicted molar refractivity (Wildman–Crippen MR) is 182 cm³/mol. The third-order valence-electron chi connectivity index (χ3n) is 7.44. The van der Waals surface area contributed by atoms with Crippen LogP contribution in [0, 0.1) is 5.92 Å². The van der Waals surface area contributed by atoms with Gasteiger partial charge < -0.3 is 24.2 Å². The maximum atomic E-state index is 13.5. The monoisotopic (exact) mass is 626 g/mol. The minimum Gasteiger partial charge on any atom is -0.491 e. The van der Waals surface area contributed by atoms with Gasteiger partial charge in [0.15, 0.2) is 5.82 Å². The summed E-state index contributed by atoms with van der Waals surface area (Å²) >= 11 is 1.61. The van der Waals surface area contributed by atoms with Gasteiger partial charge in [0.05, 0.1) is 12.4 Å². The van der Waals surface area contributed by atoms with Gasteiger partial charge in [-0.2, -0.15) is 4.98 Å². The summed E-state index contributed by atoms with van der Waals surface area (Å²) in [5.41, 5.74) is 5.92. The Morgan fingerprint density at radius 3 is 2.56 bits per heavy atom. The zero-order valence-corrected chi connectivity index (χ0v) is 27.1. The lowest BCUT2D eigenvalue weighted by atomic mass is 10.00. The minimum absolute atomic E-state index is 0.0786. The van der Waals surface area contributed by atoms with Crippen molar-refractivity contribution in [2.45, 2.75) is 50.7 Å². The Bertz CT molecular complexity index is 1540. The lowest BCUT2D eigenvalue weighted by Gasteiger charge is -2.27. The molecule has 1 N–H and O–H groups in total. The number of fused-ring (bicyclic) bond motifs is 1. The van der Waals surface area contributed by atoms with Crippen molar-refractivity contribution in [2.75, 3.05) is 43.1 Å². The fourth-order valence-corrected chi connectivity index (χ4v) is 5.89. The maximum Gasteiger partial charge on any atom is 0.251 e. The lowest BCUT2D eigenvalue weighted by Crippen LogP contribution is -2.29. The number of nitrogens with one attached hydrogen (secondary N) is 1. The molecule has 8 nitrogen and oxygen atoms in total. The van der Waals surface area contributed by atoms with Crippen molar-refractivity contribution in [1.29, 1.82) is 0 Å². The van der Waals surface area contributed by atoms with Crippen LogP contribution < -0.4 is 15.0 Å². The van der Waals surface area contributed by atoms with Crippen LogP contribution in [0.5, 0.6) is 5.75 Å². The van der Waals surface area contributed by atoms with Gasteiger partial charge in [0, 0.05) is 41.5 Å². The molecule has 0 fully saturated rings. The Balaban J connectivity index is 1.27. The minimum atomic E-state index is -0.0786. The van der Waals surface area contributed by atoms with Gasteiger partial charge in [-0.05, 0) is 90.1 Å². The van der Waals surface area contributed by atoms with E-state index in [0.29, 0.717) is 37.1 Å². The van der Waals surface area contributed by atoms with E-state index in [9.17, 15) is 4.79 Å². The number of benzene rings is 3. The quantitative estimate of drug-likeness (QED) is 0.105. The molecule has 2 heterocycles. The van der Waals surface area contributed by atoms with Crippen molar-refractivity contribution in [2.24, 2.45) is 5.92 Å². The van der Waals surface area contributed by atoms with E-state index in [4.69, 9.17) is 14.0 Å². The number of carbonyl (C=O) groups is 1. The van der Waals surface area contributed by atoms with Crippen LogP contribution >= 0.6 is 11.8 Å². The van der Waals surface area contributed by atoms with Crippen molar-refractivity contribution in [1.82, 2.24) is 10.1 Å². The highest BCUT2D eigenvalue weighted by Crippen LogP contribution is 2.34. The number of unbranched alkanes of at least 4 members (excludes halogenated alkanes) is 1. The van der Waals surface area contributed by atoms with E-state index in [2.05, 4.69) is 77.5 Å². The first kappa shape index (κ1) is 32.3. The van der Waals surface area contributed by atoms with Gasteiger partial charge >= 0.3 is 0 Å². The van der Waals surface area contributed by atoms with E-state index >= 15 is 0 Å². The van der Waals surface area contributed by atoms with Gasteiger partial charge in [-0.3, -0.25) is 4.79 Å². The number of rotatable bonds is 15. The maximum absolute atomic E-state index is 13.5. The second-order valence-corrected chi connectivity index (χ2v) is 12.5. The van der Waals surface area contributed by atoms with Crippen LogP contribution in [0.4, 0.5) is 11.4 Å². The highest BCUT2D eigenvalue weighted by Gasteiger charge is 2.21.